The second-order valence-electron chi connectivity index (χ2n) is 5.91. The molecule has 1 aliphatic rings. The first kappa shape index (κ1) is 22.8. The highest BCUT2D eigenvalue weighted by Crippen LogP contribution is 2.36. The third kappa shape index (κ3) is 4.40. The molecular formula is C19H22N2O9. The van der Waals surface area contributed by atoms with Crippen molar-refractivity contribution in [3.05, 3.63) is 51.7 Å². The average Bonchev–Trinajstić information content (AvgIpc) is 2.73. The zero-order valence-corrected chi connectivity index (χ0v) is 16.7. The summed E-state index contributed by atoms with van der Waals surface area (Å²) >= 11 is 0. The molecule has 0 aromatic heterocycles. The Kier molecular flexibility index (Phi) is 7.48. The largest absolute Gasteiger partial charge is 0.463 e. The molecule has 0 saturated heterocycles. The maximum absolute atomic E-state index is 12.9. The maximum atomic E-state index is 12.9. The van der Waals surface area contributed by atoms with E-state index in [4.69, 9.17) is 18.9 Å². The molecule has 0 bridgehead atoms. The molecule has 1 N–H and O–H groups in total. The lowest BCUT2D eigenvalue weighted by Gasteiger charge is -2.37. The monoisotopic (exact) mass is 422 g/mol. The van der Waals surface area contributed by atoms with Crippen molar-refractivity contribution in [2.75, 3.05) is 19.8 Å². The molecule has 0 spiro atoms. The lowest BCUT2D eigenvalue weighted by atomic mass is 9.91. The second-order valence-corrected chi connectivity index (χ2v) is 5.91. The zero-order chi connectivity index (χ0) is 22.3. The first-order valence-electron chi connectivity index (χ1n) is 9.22. The molecular weight excluding hydrogens is 400 g/mol. The van der Waals surface area contributed by atoms with Crippen LogP contribution in [-0.2, 0) is 33.3 Å². The first-order valence-corrected chi connectivity index (χ1v) is 9.22. The van der Waals surface area contributed by atoms with E-state index in [2.05, 4.69) is 5.32 Å². The minimum absolute atomic E-state index is 0.0102. The van der Waals surface area contributed by atoms with Gasteiger partial charge in [-0.3, -0.25) is 10.1 Å². The number of carbonyl (C=O) groups is 3. The van der Waals surface area contributed by atoms with Gasteiger partial charge in [-0.15, -0.1) is 0 Å². The van der Waals surface area contributed by atoms with Gasteiger partial charge in [0.2, 0.25) is 0 Å². The average molecular weight is 422 g/mol. The van der Waals surface area contributed by atoms with Crippen molar-refractivity contribution < 1.29 is 38.3 Å². The van der Waals surface area contributed by atoms with Crippen LogP contribution in [0.4, 0.5) is 5.69 Å². The molecule has 1 aromatic rings. The SMILES string of the molecule is CCOC(=O)C1=CNC(c2ccc([N+](=O)[O-])cc2)OC1(C(=O)OCC)C(=O)OCC. The predicted molar refractivity (Wildman–Crippen MR) is 101 cm³/mol. The molecule has 1 unspecified atom stereocenters. The van der Waals surface area contributed by atoms with E-state index in [1.807, 2.05) is 0 Å². The Hall–Kier alpha value is -3.47. The zero-order valence-electron chi connectivity index (χ0n) is 16.7. The topological polar surface area (TPSA) is 143 Å². The highest BCUT2D eigenvalue weighted by atomic mass is 16.6. The van der Waals surface area contributed by atoms with E-state index in [-0.39, 0.29) is 25.5 Å². The van der Waals surface area contributed by atoms with Gasteiger partial charge in [-0.05, 0) is 32.9 Å². The van der Waals surface area contributed by atoms with Crippen LogP contribution in [0.25, 0.3) is 0 Å². The summed E-state index contributed by atoms with van der Waals surface area (Å²) in [5.74, 6) is -3.25. The lowest BCUT2D eigenvalue weighted by molar-refractivity contribution is -0.384. The van der Waals surface area contributed by atoms with Crippen molar-refractivity contribution in [2.45, 2.75) is 32.6 Å². The fourth-order valence-electron chi connectivity index (χ4n) is 2.75. The fraction of sp³-hybridized carbons (Fsp3) is 0.421. The van der Waals surface area contributed by atoms with Crippen molar-refractivity contribution in [3.63, 3.8) is 0 Å². The van der Waals surface area contributed by atoms with Crippen LogP contribution in [0, 0.1) is 10.1 Å². The molecule has 1 aromatic carbocycles. The normalized spacial score (nSPS) is 17.2. The van der Waals surface area contributed by atoms with Crippen LogP contribution >= 0.6 is 0 Å². The number of nitrogens with zero attached hydrogens (tertiary/aromatic N) is 1. The Bertz CT molecular complexity index is 830. The molecule has 1 atom stereocenters. The van der Waals surface area contributed by atoms with Crippen LogP contribution in [0.1, 0.15) is 32.6 Å². The van der Waals surface area contributed by atoms with Gasteiger partial charge in [0.1, 0.15) is 5.57 Å². The van der Waals surface area contributed by atoms with Gasteiger partial charge >= 0.3 is 17.9 Å². The molecule has 0 aliphatic carbocycles. The Labute approximate surface area is 172 Å². The number of non-ortho nitro benzene ring substituents is 1. The van der Waals surface area contributed by atoms with Crippen molar-refractivity contribution in [3.8, 4) is 0 Å². The summed E-state index contributed by atoms with van der Waals surface area (Å²) in [5.41, 5.74) is -2.76. The predicted octanol–water partition coefficient (Wildman–Crippen LogP) is 1.53. The minimum Gasteiger partial charge on any atom is -0.463 e. The van der Waals surface area contributed by atoms with Gasteiger partial charge in [0, 0.05) is 23.9 Å². The summed E-state index contributed by atoms with van der Waals surface area (Å²) in [7, 11) is 0. The first-order chi connectivity index (χ1) is 14.3. The van der Waals surface area contributed by atoms with Crippen LogP contribution in [0.2, 0.25) is 0 Å². The van der Waals surface area contributed by atoms with Gasteiger partial charge in [-0.1, -0.05) is 0 Å². The Morgan fingerprint density at radius 3 is 2.03 bits per heavy atom. The van der Waals surface area contributed by atoms with Gasteiger partial charge in [0.15, 0.2) is 6.23 Å². The van der Waals surface area contributed by atoms with Gasteiger partial charge in [0.05, 0.1) is 24.7 Å². The molecule has 2 rings (SSSR count). The van der Waals surface area contributed by atoms with Gasteiger partial charge < -0.3 is 24.3 Å². The Balaban J connectivity index is 2.56. The van der Waals surface area contributed by atoms with Crippen molar-refractivity contribution >= 4 is 23.6 Å². The molecule has 0 saturated carbocycles. The second kappa shape index (κ2) is 9.83. The third-order valence-corrected chi connectivity index (χ3v) is 4.08. The van der Waals surface area contributed by atoms with Crippen LogP contribution < -0.4 is 5.32 Å². The van der Waals surface area contributed by atoms with Gasteiger partial charge in [0.25, 0.3) is 11.3 Å². The summed E-state index contributed by atoms with van der Waals surface area (Å²) < 4.78 is 20.8. The Morgan fingerprint density at radius 2 is 1.57 bits per heavy atom. The molecule has 1 heterocycles. The van der Waals surface area contributed by atoms with E-state index in [9.17, 15) is 24.5 Å². The number of hydrogen-bond acceptors (Lipinski definition) is 10. The van der Waals surface area contributed by atoms with Gasteiger partial charge in [-0.2, -0.15) is 0 Å². The van der Waals surface area contributed by atoms with E-state index in [0.29, 0.717) is 5.56 Å². The molecule has 0 amide bonds. The van der Waals surface area contributed by atoms with Crippen molar-refractivity contribution in [1.29, 1.82) is 0 Å². The molecule has 162 valence electrons. The summed E-state index contributed by atoms with van der Waals surface area (Å²) in [4.78, 5) is 48.5. The number of carbonyl (C=O) groups excluding carboxylic acids is 3. The van der Waals surface area contributed by atoms with Gasteiger partial charge in [-0.25, -0.2) is 14.4 Å². The number of nitro groups is 1. The molecule has 11 heteroatoms. The molecule has 30 heavy (non-hydrogen) atoms. The van der Waals surface area contributed by atoms with E-state index >= 15 is 0 Å². The number of nitrogens with one attached hydrogen (secondary N) is 1. The standard InChI is InChI=1S/C19H22N2O9/c1-4-27-16(22)14-11-20-15(12-7-9-13(10-8-12)21(25)26)30-19(14,17(23)28-5-2)18(24)29-6-3/h7-11,15,20H,4-6H2,1-3H3. The number of rotatable bonds is 8. The molecule has 11 nitrogen and oxygen atoms in total. The number of nitro benzene ring substituents is 1. The fourth-order valence-corrected chi connectivity index (χ4v) is 2.75. The number of benzene rings is 1. The van der Waals surface area contributed by atoms with E-state index in [0.717, 1.165) is 6.20 Å². The van der Waals surface area contributed by atoms with Crippen molar-refractivity contribution in [1.82, 2.24) is 5.32 Å². The summed E-state index contributed by atoms with van der Waals surface area (Å²) in [6.07, 6.45) is 0.0132. The van der Waals surface area contributed by atoms with Crippen LogP contribution in [-0.4, -0.2) is 48.3 Å². The third-order valence-electron chi connectivity index (χ3n) is 4.08. The smallest absolute Gasteiger partial charge is 0.355 e. The number of ether oxygens (including phenoxy) is 4. The highest BCUT2D eigenvalue weighted by molar-refractivity contribution is 6.15. The maximum Gasteiger partial charge on any atom is 0.355 e. The summed E-state index contributed by atoms with van der Waals surface area (Å²) in [6.45, 7) is 4.43. The summed E-state index contributed by atoms with van der Waals surface area (Å²) in [6, 6.07) is 5.25. The summed E-state index contributed by atoms with van der Waals surface area (Å²) in [5, 5.41) is 13.6. The molecule has 0 radical (unpaired) electrons. The van der Waals surface area contributed by atoms with Crippen LogP contribution in [0.5, 0.6) is 0 Å². The lowest BCUT2D eigenvalue weighted by Crippen LogP contribution is -2.58. The number of hydrogen-bond donors (Lipinski definition) is 1. The Morgan fingerprint density at radius 1 is 1.03 bits per heavy atom. The van der Waals surface area contributed by atoms with E-state index in [1.54, 1.807) is 6.92 Å². The quantitative estimate of drug-likeness (QED) is 0.215. The van der Waals surface area contributed by atoms with Crippen LogP contribution in [0.15, 0.2) is 36.0 Å². The van der Waals surface area contributed by atoms with Crippen molar-refractivity contribution in [2.24, 2.45) is 0 Å². The number of esters is 3. The van der Waals surface area contributed by atoms with Crippen LogP contribution in [0.3, 0.4) is 0 Å². The minimum atomic E-state index is -2.53. The highest BCUT2D eigenvalue weighted by Gasteiger charge is 2.60. The van der Waals surface area contributed by atoms with E-state index < -0.39 is 40.2 Å². The van der Waals surface area contributed by atoms with E-state index in [1.165, 1.54) is 38.1 Å². The molecule has 1 aliphatic heterocycles. The molecule has 0 fully saturated rings.